The van der Waals surface area contributed by atoms with Crippen LogP contribution in [0.3, 0.4) is 0 Å². The van der Waals surface area contributed by atoms with Gasteiger partial charge in [0, 0.05) is 6.07 Å². The molecular formula is C17H21NO5. The summed E-state index contributed by atoms with van der Waals surface area (Å²) in [6, 6.07) is 6.02. The predicted molar refractivity (Wildman–Crippen MR) is 85.4 cm³/mol. The zero-order chi connectivity index (χ0) is 17.0. The van der Waals surface area contributed by atoms with Crippen LogP contribution in [-0.2, 0) is 17.8 Å². The Morgan fingerprint density at radius 1 is 1.17 bits per heavy atom. The van der Waals surface area contributed by atoms with E-state index in [9.17, 15) is 15.0 Å². The van der Waals surface area contributed by atoms with Gasteiger partial charge in [0.05, 0.1) is 18.5 Å². The lowest BCUT2D eigenvalue weighted by atomic mass is 10.0. The number of phenols is 2. The van der Waals surface area contributed by atoms with Gasteiger partial charge in [-0.25, -0.2) is 0 Å². The molecule has 2 aromatic rings. The Labute approximate surface area is 134 Å². The van der Waals surface area contributed by atoms with E-state index in [0.29, 0.717) is 23.4 Å². The number of nitrogens with zero attached hydrogens (tertiary/aromatic N) is 1. The first-order valence-electron chi connectivity index (χ1n) is 7.52. The summed E-state index contributed by atoms with van der Waals surface area (Å²) in [6.07, 6.45) is -0.316. The van der Waals surface area contributed by atoms with Crippen molar-refractivity contribution >= 4 is 5.97 Å². The number of carboxylic acids is 1. The van der Waals surface area contributed by atoms with Gasteiger partial charge >= 0.3 is 5.97 Å². The largest absolute Gasteiger partial charge is 0.508 e. The topological polar surface area (TPSA) is 94.1 Å². The van der Waals surface area contributed by atoms with Gasteiger partial charge in [-0.1, -0.05) is 13.8 Å². The second kappa shape index (κ2) is 7.19. The van der Waals surface area contributed by atoms with Gasteiger partial charge in [-0.3, -0.25) is 9.69 Å². The van der Waals surface area contributed by atoms with Gasteiger partial charge < -0.3 is 19.7 Å². The molecule has 124 valence electrons. The lowest BCUT2D eigenvalue weighted by Gasteiger charge is -2.16. The molecule has 0 radical (unpaired) electrons. The summed E-state index contributed by atoms with van der Waals surface area (Å²) in [5.74, 6) is -0.313. The summed E-state index contributed by atoms with van der Waals surface area (Å²) in [5.41, 5.74) is 0.606. The minimum absolute atomic E-state index is 0.183. The van der Waals surface area contributed by atoms with Crippen LogP contribution in [0.4, 0.5) is 0 Å². The van der Waals surface area contributed by atoms with Crippen molar-refractivity contribution in [3.63, 3.8) is 0 Å². The van der Waals surface area contributed by atoms with E-state index in [0.717, 1.165) is 18.8 Å². The Hall–Kier alpha value is -2.47. The fourth-order valence-corrected chi connectivity index (χ4v) is 2.52. The summed E-state index contributed by atoms with van der Waals surface area (Å²) >= 11 is 0. The molecule has 0 fully saturated rings. The quantitative estimate of drug-likeness (QED) is 0.726. The third-order valence-corrected chi connectivity index (χ3v) is 3.71. The fourth-order valence-electron chi connectivity index (χ4n) is 2.52. The Morgan fingerprint density at radius 3 is 2.48 bits per heavy atom. The van der Waals surface area contributed by atoms with Crippen LogP contribution >= 0.6 is 0 Å². The highest BCUT2D eigenvalue weighted by Crippen LogP contribution is 2.37. The van der Waals surface area contributed by atoms with Crippen LogP contribution in [0.2, 0.25) is 0 Å². The molecule has 0 saturated heterocycles. The fraction of sp³-hybridized carbons (Fsp3) is 0.353. The van der Waals surface area contributed by atoms with Crippen molar-refractivity contribution in [2.45, 2.75) is 26.8 Å². The maximum Gasteiger partial charge on any atom is 0.307 e. The summed E-state index contributed by atoms with van der Waals surface area (Å²) in [5, 5.41) is 28.7. The van der Waals surface area contributed by atoms with Crippen LogP contribution in [0.25, 0.3) is 11.3 Å². The van der Waals surface area contributed by atoms with Crippen molar-refractivity contribution < 1.29 is 24.5 Å². The standard InChI is InChI=1S/C17H21NO5/c1-3-18(4-2)10-13-5-6-15(23-13)17-11(8-16(21)22)7-12(19)9-14(17)20/h5-7,9,19-20H,3-4,8,10H2,1-2H3,(H,21,22). The second-order valence-electron chi connectivity index (χ2n) is 5.30. The number of aromatic hydroxyl groups is 2. The molecule has 0 spiro atoms. The number of hydrogen-bond donors (Lipinski definition) is 3. The maximum atomic E-state index is 11.0. The molecule has 0 bridgehead atoms. The molecule has 0 aliphatic heterocycles. The molecule has 0 saturated carbocycles. The van der Waals surface area contributed by atoms with E-state index in [2.05, 4.69) is 18.7 Å². The first-order valence-corrected chi connectivity index (χ1v) is 7.52. The number of rotatable bonds is 7. The monoisotopic (exact) mass is 319 g/mol. The molecule has 1 heterocycles. The Balaban J connectivity index is 2.38. The highest BCUT2D eigenvalue weighted by atomic mass is 16.4. The Morgan fingerprint density at radius 2 is 1.87 bits per heavy atom. The van der Waals surface area contributed by atoms with E-state index >= 15 is 0 Å². The Kier molecular flexibility index (Phi) is 5.28. The van der Waals surface area contributed by atoms with Crippen molar-refractivity contribution in [1.82, 2.24) is 4.90 Å². The highest BCUT2D eigenvalue weighted by molar-refractivity contribution is 5.78. The van der Waals surface area contributed by atoms with E-state index < -0.39 is 5.97 Å². The number of carbonyl (C=O) groups is 1. The van der Waals surface area contributed by atoms with Gasteiger partial charge in [0.25, 0.3) is 0 Å². The minimum Gasteiger partial charge on any atom is -0.508 e. The van der Waals surface area contributed by atoms with Gasteiger partial charge in [-0.2, -0.15) is 0 Å². The van der Waals surface area contributed by atoms with Crippen LogP contribution in [0, 0.1) is 0 Å². The zero-order valence-corrected chi connectivity index (χ0v) is 13.2. The van der Waals surface area contributed by atoms with Crippen molar-refractivity contribution in [3.05, 3.63) is 35.6 Å². The first-order chi connectivity index (χ1) is 10.9. The number of aliphatic carboxylic acids is 1. The van der Waals surface area contributed by atoms with Crippen molar-refractivity contribution in [1.29, 1.82) is 0 Å². The van der Waals surface area contributed by atoms with Crippen LogP contribution in [0.5, 0.6) is 11.5 Å². The van der Waals surface area contributed by atoms with Gasteiger partial charge in [-0.05, 0) is 36.9 Å². The van der Waals surface area contributed by atoms with E-state index in [-0.39, 0.29) is 17.9 Å². The van der Waals surface area contributed by atoms with Crippen molar-refractivity contribution in [2.24, 2.45) is 0 Å². The predicted octanol–water partition coefficient (Wildman–Crippen LogP) is 2.83. The Bertz CT molecular complexity index is 688. The normalized spacial score (nSPS) is 11.1. The number of benzene rings is 1. The molecule has 23 heavy (non-hydrogen) atoms. The number of phenolic OH excluding ortho intramolecular Hbond substituents is 2. The summed E-state index contributed by atoms with van der Waals surface area (Å²) < 4.78 is 5.77. The van der Waals surface area contributed by atoms with Crippen molar-refractivity contribution in [3.8, 4) is 22.8 Å². The maximum absolute atomic E-state index is 11.0. The minimum atomic E-state index is -1.05. The SMILES string of the molecule is CCN(CC)Cc1ccc(-c2c(O)cc(O)cc2CC(=O)O)o1. The van der Waals surface area contributed by atoms with E-state index in [4.69, 9.17) is 9.52 Å². The molecule has 0 unspecified atom stereocenters. The number of carboxylic acid groups (broad SMARTS) is 1. The molecule has 1 aromatic carbocycles. The molecule has 0 aliphatic rings. The molecule has 0 atom stereocenters. The molecule has 3 N–H and O–H groups in total. The van der Waals surface area contributed by atoms with Gasteiger partial charge in [0.15, 0.2) is 0 Å². The molecule has 0 amide bonds. The van der Waals surface area contributed by atoms with E-state index in [1.54, 1.807) is 6.07 Å². The number of furan rings is 1. The molecule has 6 nitrogen and oxygen atoms in total. The smallest absolute Gasteiger partial charge is 0.307 e. The van der Waals surface area contributed by atoms with Crippen molar-refractivity contribution in [2.75, 3.05) is 13.1 Å². The third-order valence-electron chi connectivity index (χ3n) is 3.71. The lowest BCUT2D eigenvalue weighted by Crippen LogP contribution is -2.21. The summed E-state index contributed by atoms with van der Waals surface area (Å²) in [4.78, 5) is 13.2. The van der Waals surface area contributed by atoms with Crippen LogP contribution in [0.1, 0.15) is 25.2 Å². The average molecular weight is 319 g/mol. The van der Waals surface area contributed by atoms with Crippen LogP contribution < -0.4 is 0 Å². The van der Waals surface area contributed by atoms with Gasteiger partial charge in [-0.15, -0.1) is 0 Å². The molecular weight excluding hydrogens is 298 g/mol. The third kappa shape index (κ3) is 4.04. The molecule has 0 aliphatic carbocycles. The van der Waals surface area contributed by atoms with Crippen LogP contribution in [-0.4, -0.2) is 39.3 Å². The van der Waals surface area contributed by atoms with Crippen LogP contribution in [0.15, 0.2) is 28.7 Å². The first kappa shape index (κ1) is 16.9. The average Bonchev–Trinajstić information content (AvgIpc) is 2.91. The highest BCUT2D eigenvalue weighted by Gasteiger charge is 2.18. The molecule has 1 aromatic heterocycles. The number of hydrogen-bond acceptors (Lipinski definition) is 5. The van der Waals surface area contributed by atoms with E-state index in [1.807, 2.05) is 6.07 Å². The molecule has 2 rings (SSSR count). The molecule has 6 heteroatoms. The summed E-state index contributed by atoms with van der Waals surface area (Å²) in [6.45, 7) is 6.54. The second-order valence-corrected chi connectivity index (χ2v) is 5.30. The van der Waals surface area contributed by atoms with Gasteiger partial charge in [0.1, 0.15) is 23.0 Å². The zero-order valence-electron chi connectivity index (χ0n) is 13.2. The lowest BCUT2D eigenvalue weighted by molar-refractivity contribution is -0.136. The van der Waals surface area contributed by atoms with Gasteiger partial charge in [0.2, 0.25) is 0 Å². The van der Waals surface area contributed by atoms with E-state index in [1.165, 1.54) is 12.1 Å². The summed E-state index contributed by atoms with van der Waals surface area (Å²) in [7, 11) is 0.